The molecule has 2 aliphatic heterocycles. The standard InChI is InChI=1S/C12H13NO/c14-12-8-9-4-1-2-5-10(9)11-6-3-7-13(11)12/h1-2,4-5,9H,3,6-8H2. The molecule has 72 valence electrons. The average Bonchev–Trinajstić information content (AvgIpc) is 2.67. The van der Waals surface area contributed by atoms with Gasteiger partial charge in [0.1, 0.15) is 0 Å². The summed E-state index contributed by atoms with van der Waals surface area (Å²) in [6.07, 6.45) is 11.3. The summed E-state index contributed by atoms with van der Waals surface area (Å²) in [6, 6.07) is 0. The summed E-state index contributed by atoms with van der Waals surface area (Å²) in [5, 5.41) is 0. The minimum absolute atomic E-state index is 0.311. The summed E-state index contributed by atoms with van der Waals surface area (Å²) in [6.45, 7) is 0.932. The van der Waals surface area contributed by atoms with Crippen LogP contribution in [0.1, 0.15) is 19.3 Å². The molecule has 0 saturated carbocycles. The highest BCUT2D eigenvalue weighted by Gasteiger charge is 2.34. The maximum absolute atomic E-state index is 11.8. The Morgan fingerprint density at radius 3 is 3.21 bits per heavy atom. The summed E-state index contributed by atoms with van der Waals surface area (Å²) in [7, 11) is 0. The Bertz CT molecular complexity index is 376. The molecule has 3 rings (SSSR count). The molecule has 0 radical (unpaired) electrons. The number of carbonyl (C=O) groups is 1. The fraction of sp³-hybridized carbons (Fsp3) is 0.417. The Hall–Kier alpha value is -1.31. The van der Waals surface area contributed by atoms with Crippen LogP contribution < -0.4 is 0 Å². The van der Waals surface area contributed by atoms with Gasteiger partial charge in [-0.15, -0.1) is 0 Å². The summed E-state index contributed by atoms with van der Waals surface area (Å²) in [4.78, 5) is 13.7. The summed E-state index contributed by atoms with van der Waals surface area (Å²) in [5.74, 6) is 0.669. The van der Waals surface area contributed by atoms with Gasteiger partial charge in [-0.2, -0.15) is 0 Å². The summed E-state index contributed by atoms with van der Waals surface area (Å²) >= 11 is 0. The fourth-order valence-electron chi connectivity index (χ4n) is 2.62. The highest BCUT2D eigenvalue weighted by Crippen LogP contribution is 2.37. The predicted octanol–water partition coefficient (Wildman–Crippen LogP) is 2.01. The van der Waals surface area contributed by atoms with E-state index >= 15 is 0 Å². The van der Waals surface area contributed by atoms with E-state index in [2.05, 4.69) is 18.2 Å². The van der Waals surface area contributed by atoms with Crippen molar-refractivity contribution in [1.29, 1.82) is 0 Å². The van der Waals surface area contributed by atoms with E-state index in [9.17, 15) is 4.79 Å². The minimum atomic E-state index is 0.311. The molecule has 0 bridgehead atoms. The zero-order valence-corrected chi connectivity index (χ0v) is 8.07. The minimum Gasteiger partial charge on any atom is -0.316 e. The molecule has 1 unspecified atom stereocenters. The fourth-order valence-corrected chi connectivity index (χ4v) is 2.62. The number of allylic oxidation sites excluding steroid dienone is 6. The van der Waals surface area contributed by atoms with Gasteiger partial charge in [-0.25, -0.2) is 0 Å². The van der Waals surface area contributed by atoms with Crippen molar-refractivity contribution < 1.29 is 4.79 Å². The quantitative estimate of drug-likeness (QED) is 0.568. The van der Waals surface area contributed by atoms with Gasteiger partial charge in [0.25, 0.3) is 0 Å². The molecule has 1 fully saturated rings. The molecular weight excluding hydrogens is 174 g/mol. The van der Waals surface area contributed by atoms with Crippen molar-refractivity contribution in [2.45, 2.75) is 19.3 Å². The summed E-state index contributed by atoms with van der Waals surface area (Å²) < 4.78 is 0. The van der Waals surface area contributed by atoms with E-state index in [-0.39, 0.29) is 0 Å². The molecule has 0 spiro atoms. The Balaban J connectivity index is 2.11. The number of hydrogen-bond donors (Lipinski definition) is 0. The van der Waals surface area contributed by atoms with Crippen LogP contribution in [0.5, 0.6) is 0 Å². The lowest BCUT2D eigenvalue weighted by Gasteiger charge is -2.31. The lowest BCUT2D eigenvalue weighted by molar-refractivity contribution is -0.129. The van der Waals surface area contributed by atoms with Crippen molar-refractivity contribution in [3.63, 3.8) is 0 Å². The molecule has 2 heteroatoms. The van der Waals surface area contributed by atoms with Crippen molar-refractivity contribution in [3.8, 4) is 0 Å². The van der Waals surface area contributed by atoms with Gasteiger partial charge in [-0.05, 0) is 18.4 Å². The van der Waals surface area contributed by atoms with Crippen LogP contribution in [0.2, 0.25) is 0 Å². The van der Waals surface area contributed by atoms with E-state index in [1.54, 1.807) is 0 Å². The van der Waals surface area contributed by atoms with E-state index in [1.807, 2.05) is 11.0 Å². The Kier molecular flexibility index (Phi) is 1.63. The zero-order chi connectivity index (χ0) is 9.54. The van der Waals surface area contributed by atoms with Crippen LogP contribution >= 0.6 is 0 Å². The lowest BCUT2D eigenvalue weighted by Crippen LogP contribution is -2.34. The molecule has 0 aromatic heterocycles. The Labute approximate surface area is 83.6 Å². The molecule has 1 amide bonds. The Morgan fingerprint density at radius 1 is 1.36 bits per heavy atom. The molecule has 1 atom stereocenters. The van der Waals surface area contributed by atoms with Gasteiger partial charge in [0, 0.05) is 24.6 Å². The van der Waals surface area contributed by atoms with Gasteiger partial charge in [0.15, 0.2) is 0 Å². The predicted molar refractivity (Wildman–Crippen MR) is 54.4 cm³/mol. The van der Waals surface area contributed by atoms with E-state index in [0.29, 0.717) is 18.2 Å². The first-order chi connectivity index (χ1) is 6.86. The van der Waals surface area contributed by atoms with Gasteiger partial charge < -0.3 is 4.90 Å². The molecule has 2 nitrogen and oxygen atoms in total. The van der Waals surface area contributed by atoms with Crippen LogP contribution in [0.25, 0.3) is 0 Å². The van der Waals surface area contributed by atoms with Gasteiger partial charge in [0.2, 0.25) is 5.91 Å². The molecular formula is C12H13NO. The van der Waals surface area contributed by atoms with Crippen molar-refractivity contribution in [2.24, 2.45) is 5.92 Å². The number of hydrogen-bond acceptors (Lipinski definition) is 1. The van der Waals surface area contributed by atoms with E-state index in [0.717, 1.165) is 19.4 Å². The SMILES string of the molecule is O=C1CC2C=CC=CC2=C2CCCN12. The maximum atomic E-state index is 11.8. The summed E-state index contributed by atoms with van der Waals surface area (Å²) in [5.41, 5.74) is 2.66. The average molecular weight is 187 g/mol. The first kappa shape index (κ1) is 8.04. The van der Waals surface area contributed by atoms with Crippen LogP contribution in [0, 0.1) is 5.92 Å². The third kappa shape index (κ3) is 0.999. The molecule has 0 aromatic carbocycles. The maximum Gasteiger partial charge on any atom is 0.227 e. The highest BCUT2D eigenvalue weighted by atomic mass is 16.2. The first-order valence-corrected chi connectivity index (χ1v) is 5.24. The number of carbonyl (C=O) groups excluding carboxylic acids is 1. The number of amides is 1. The second-order valence-corrected chi connectivity index (χ2v) is 4.11. The van der Waals surface area contributed by atoms with Crippen LogP contribution in [-0.4, -0.2) is 17.4 Å². The second-order valence-electron chi connectivity index (χ2n) is 4.11. The molecule has 14 heavy (non-hydrogen) atoms. The zero-order valence-electron chi connectivity index (χ0n) is 8.07. The van der Waals surface area contributed by atoms with Crippen molar-refractivity contribution in [3.05, 3.63) is 35.6 Å². The monoisotopic (exact) mass is 187 g/mol. The number of rotatable bonds is 0. The van der Waals surface area contributed by atoms with Gasteiger partial charge in [-0.3, -0.25) is 4.79 Å². The third-order valence-electron chi connectivity index (χ3n) is 3.28. The van der Waals surface area contributed by atoms with Gasteiger partial charge in [0.05, 0.1) is 0 Å². The normalized spacial score (nSPS) is 29.6. The van der Waals surface area contributed by atoms with Gasteiger partial charge >= 0.3 is 0 Å². The number of nitrogens with zero attached hydrogens (tertiary/aromatic N) is 1. The van der Waals surface area contributed by atoms with Crippen molar-refractivity contribution in [2.75, 3.05) is 6.54 Å². The lowest BCUT2D eigenvalue weighted by atomic mass is 9.86. The van der Waals surface area contributed by atoms with E-state index < -0.39 is 0 Å². The molecule has 0 aromatic rings. The van der Waals surface area contributed by atoms with Crippen LogP contribution in [0.15, 0.2) is 35.6 Å². The molecule has 3 aliphatic rings. The van der Waals surface area contributed by atoms with Gasteiger partial charge in [-0.1, -0.05) is 24.3 Å². The Morgan fingerprint density at radius 2 is 2.29 bits per heavy atom. The largest absolute Gasteiger partial charge is 0.316 e. The molecule has 2 heterocycles. The molecule has 1 saturated heterocycles. The van der Waals surface area contributed by atoms with Crippen molar-refractivity contribution >= 4 is 5.91 Å². The number of fused-ring (bicyclic) bond motifs is 2. The topological polar surface area (TPSA) is 20.3 Å². The van der Waals surface area contributed by atoms with Crippen molar-refractivity contribution in [1.82, 2.24) is 4.90 Å². The van der Waals surface area contributed by atoms with E-state index in [4.69, 9.17) is 0 Å². The van der Waals surface area contributed by atoms with Crippen LogP contribution in [-0.2, 0) is 4.79 Å². The smallest absolute Gasteiger partial charge is 0.227 e. The molecule has 1 aliphatic carbocycles. The first-order valence-electron chi connectivity index (χ1n) is 5.24. The second kappa shape index (κ2) is 2.84. The molecule has 0 N–H and O–H groups in total. The van der Waals surface area contributed by atoms with Crippen LogP contribution in [0.3, 0.4) is 0 Å². The third-order valence-corrected chi connectivity index (χ3v) is 3.28. The highest BCUT2D eigenvalue weighted by molar-refractivity contribution is 5.82. The van der Waals surface area contributed by atoms with Crippen LogP contribution in [0.4, 0.5) is 0 Å². The van der Waals surface area contributed by atoms with E-state index in [1.165, 1.54) is 11.3 Å².